The fourth-order valence-corrected chi connectivity index (χ4v) is 1.35. The number of nitrogens with two attached hydrogens (primary N) is 2. The summed E-state index contributed by atoms with van der Waals surface area (Å²) in [4.78, 5) is 10.6. The maximum absolute atomic E-state index is 10.6. The molecule has 0 saturated carbocycles. The third-order valence-corrected chi connectivity index (χ3v) is 2.05. The van der Waals surface area contributed by atoms with Crippen LogP contribution >= 0.6 is 0 Å². The van der Waals surface area contributed by atoms with Gasteiger partial charge in [-0.2, -0.15) is 0 Å². The molecule has 4 nitrogen and oxygen atoms in total. The SMILES string of the molecule is NC[C@@H](N)c1ccccc1CC(=O)O. The first-order chi connectivity index (χ1) is 6.65. The number of carboxylic acids is 1. The van der Waals surface area contributed by atoms with E-state index in [0.29, 0.717) is 6.54 Å². The number of carboxylic acid groups (broad SMARTS) is 1. The molecule has 0 spiro atoms. The van der Waals surface area contributed by atoms with Gasteiger partial charge in [0.15, 0.2) is 0 Å². The summed E-state index contributed by atoms with van der Waals surface area (Å²) in [6.45, 7) is 0.316. The van der Waals surface area contributed by atoms with Crippen molar-refractivity contribution in [3.05, 3.63) is 35.4 Å². The van der Waals surface area contributed by atoms with Gasteiger partial charge in [0, 0.05) is 12.6 Å². The largest absolute Gasteiger partial charge is 0.481 e. The predicted molar refractivity (Wildman–Crippen MR) is 53.8 cm³/mol. The van der Waals surface area contributed by atoms with Crippen molar-refractivity contribution in [1.82, 2.24) is 0 Å². The Bertz CT molecular complexity index is 326. The third-order valence-electron chi connectivity index (χ3n) is 2.05. The first-order valence-corrected chi connectivity index (χ1v) is 4.40. The first kappa shape index (κ1) is 10.7. The maximum atomic E-state index is 10.6. The summed E-state index contributed by atoms with van der Waals surface area (Å²) in [6.07, 6.45) is -0.0100. The van der Waals surface area contributed by atoms with E-state index >= 15 is 0 Å². The van der Waals surface area contributed by atoms with Crippen LogP contribution in [0, 0.1) is 0 Å². The van der Waals surface area contributed by atoms with Gasteiger partial charge in [0.1, 0.15) is 0 Å². The van der Waals surface area contributed by atoms with Crippen LogP contribution in [0.4, 0.5) is 0 Å². The third kappa shape index (κ3) is 2.55. The van der Waals surface area contributed by atoms with Gasteiger partial charge >= 0.3 is 5.97 Å². The van der Waals surface area contributed by atoms with E-state index in [1.165, 1.54) is 0 Å². The highest BCUT2D eigenvalue weighted by Crippen LogP contribution is 2.15. The van der Waals surface area contributed by atoms with Gasteiger partial charge in [0.2, 0.25) is 0 Å². The van der Waals surface area contributed by atoms with Crippen LogP contribution in [0.25, 0.3) is 0 Å². The van der Waals surface area contributed by atoms with Crippen molar-refractivity contribution in [2.45, 2.75) is 12.5 Å². The molecule has 14 heavy (non-hydrogen) atoms. The van der Waals surface area contributed by atoms with Crippen LogP contribution in [-0.2, 0) is 11.2 Å². The number of rotatable bonds is 4. The Kier molecular flexibility index (Phi) is 3.62. The van der Waals surface area contributed by atoms with Gasteiger partial charge in [0.25, 0.3) is 0 Å². The molecule has 0 unspecified atom stereocenters. The Morgan fingerprint density at radius 1 is 1.43 bits per heavy atom. The Labute approximate surface area is 82.5 Å². The van der Waals surface area contributed by atoms with Crippen LogP contribution in [0.3, 0.4) is 0 Å². The van der Waals surface area contributed by atoms with E-state index in [1.54, 1.807) is 12.1 Å². The van der Waals surface area contributed by atoms with Crippen molar-refractivity contribution >= 4 is 5.97 Å². The van der Waals surface area contributed by atoms with Crippen molar-refractivity contribution in [2.24, 2.45) is 11.5 Å². The van der Waals surface area contributed by atoms with E-state index in [0.717, 1.165) is 11.1 Å². The van der Waals surface area contributed by atoms with Gasteiger partial charge in [-0.15, -0.1) is 0 Å². The minimum absolute atomic E-state index is 0.0100. The lowest BCUT2D eigenvalue weighted by molar-refractivity contribution is -0.136. The van der Waals surface area contributed by atoms with Crippen molar-refractivity contribution in [2.75, 3.05) is 6.54 Å². The number of carbonyl (C=O) groups is 1. The summed E-state index contributed by atoms with van der Waals surface area (Å²) >= 11 is 0. The average Bonchev–Trinajstić information content (AvgIpc) is 2.16. The van der Waals surface area contributed by atoms with Crippen LogP contribution in [0.1, 0.15) is 17.2 Å². The van der Waals surface area contributed by atoms with Crippen molar-refractivity contribution in [3.63, 3.8) is 0 Å². The molecule has 1 aromatic carbocycles. The Morgan fingerprint density at radius 3 is 2.64 bits per heavy atom. The molecular formula is C10H14N2O2. The smallest absolute Gasteiger partial charge is 0.307 e. The number of hydrogen-bond donors (Lipinski definition) is 3. The van der Waals surface area contributed by atoms with Gasteiger partial charge in [-0.1, -0.05) is 24.3 Å². The van der Waals surface area contributed by atoms with Crippen LogP contribution < -0.4 is 11.5 Å². The molecule has 0 aliphatic heterocycles. The zero-order valence-corrected chi connectivity index (χ0v) is 7.81. The molecule has 1 aromatic rings. The van der Waals surface area contributed by atoms with Crippen molar-refractivity contribution in [1.29, 1.82) is 0 Å². The van der Waals surface area contributed by atoms with Crippen LogP contribution in [0.2, 0.25) is 0 Å². The summed E-state index contributed by atoms with van der Waals surface area (Å²) in [7, 11) is 0. The summed E-state index contributed by atoms with van der Waals surface area (Å²) in [5.74, 6) is -0.860. The lowest BCUT2D eigenvalue weighted by Crippen LogP contribution is -2.22. The Balaban J connectivity index is 2.96. The maximum Gasteiger partial charge on any atom is 0.307 e. The number of benzene rings is 1. The lowest BCUT2D eigenvalue weighted by Gasteiger charge is -2.13. The average molecular weight is 194 g/mol. The highest BCUT2D eigenvalue weighted by atomic mass is 16.4. The summed E-state index contributed by atoms with van der Waals surface area (Å²) in [5.41, 5.74) is 12.7. The van der Waals surface area contributed by atoms with E-state index in [4.69, 9.17) is 16.6 Å². The Morgan fingerprint density at radius 2 is 2.07 bits per heavy atom. The van der Waals surface area contributed by atoms with Gasteiger partial charge in [-0.3, -0.25) is 4.79 Å². The van der Waals surface area contributed by atoms with E-state index in [9.17, 15) is 4.79 Å². The monoisotopic (exact) mass is 194 g/mol. The molecule has 1 rings (SSSR count). The second-order valence-electron chi connectivity index (χ2n) is 3.11. The van der Waals surface area contributed by atoms with Crippen LogP contribution in [-0.4, -0.2) is 17.6 Å². The van der Waals surface area contributed by atoms with E-state index < -0.39 is 5.97 Å². The zero-order chi connectivity index (χ0) is 10.6. The zero-order valence-electron chi connectivity index (χ0n) is 7.81. The summed E-state index contributed by atoms with van der Waals surface area (Å²) in [6, 6.07) is 6.92. The highest BCUT2D eigenvalue weighted by molar-refractivity contribution is 5.70. The second-order valence-corrected chi connectivity index (χ2v) is 3.11. The molecule has 0 amide bonds. The molecule has 0 heterocycles. The summed E-state index contributed by atoms with van der Waals surface area (Å²) < 4.78 is 0. The number of hydrogen-bond acceptors (Lipinski definition) is 3. The van der Waals surface area contributed by atoms with Crippen molar-refractivity contribution < 1.29 is 9.90 Å². The predicted octanol–water partition coefficient (Wildman–Crippen LogP) is 0.272. The van der Waals surface area contributed by atoms with Gasteiger partial charge in [0.05, 0.1) is 6.42 Å². The molecule has 0 bridgehead atoms. The normalized spacial score (nSPS) is 12.4. The lowest BCUT2D eigenvalue weighted by atomic mass is 9.99. The second kappa shape index (κ2) is 4.74. The standard InChI is InChI=1S/C10H14N2O2/c11-6-9(12)8-4-2-1-3-7(8)5-10(13)14/h1-4,9H,5-6,11-12H2,(H,13,14)/t9-/m1/s1. The van der Waals surface area contributed by atoms with E-state index in [1.807, 2.05) is 12.1 Å². The molecule has 0 aliphatic carbocycles. The summed E-state index contributed by atoms with van der Waals surface area (Å²) in [5, 5.41) is 8.67. The minimum atomic E-state index is -0.860. The molecule has 5 N–H and O–H groups in total. The van der Waals surface area contributed by atoms with E-state index in [2.05, 4.69) is 0 Å². The topological polar surface area (TPSA) is 89.3 Å². The molecule has 76 valence electrons. The molecule has 0 aliphatic rings. The number of aliphatic carboxylic acids is 1. The molecule has 0 radical (unpaired) electrons. The molecular weight excluding hydrogens is 180 g/mol. The van der Waals surface area contributed by atoms with Gasteiger partial charge < -0.3 is 16.6 Å². The van der Waals surface area contributed by atoms with Crippen LogP contribution in [0.5, 0.6) is 0 Å². The molecule has 0 fully saturated rings. The fourth-order valence-electron chi connectivity index (χ4n) is 1.35. The van der Waals surface area contributed by atoms with Crippen molar-refractivity contribution in [3.8, 4) is 0 Å². The minimum Gasteiger partial charge on any atom is -0.481 e. The molecule has 1 atom stereocenters. The molecule has 0 aromatic heterocycles. The quantitative estimate of drug-likeness (QED) is 0.642. The molecule has 0 saturated heterocycles. The van der Waals surface area contributed by atoms with Crippen LogP contribution in [0.15, 0.2) is 24.3 Å². The van der Waals surface area contributed by atoms with Gasteiger partial charge in [-0.05, 0) is 11.1 Å². The Hall–Kier alpha value is -1.39. The highest BCUT2D eigenvalue weighted by Gasteiger charge is 2.10. The van der Waals surface area contributed by atoms with E-state index in [-0.39, 0.29) is 12.5 Å². The molecule has 4 heteroatoms. The van der Waals surface area contributed by atoms with Gasteiger partial charge in [-0.25, -0.2) is 0 Å². The first-order valence-electron chi connectivity index (χ1n) is 4.40. The fraction of sp³-hybridized carbons (Fsp3) is 0.300.